The quantitative estimate of drug-likeness (QED) is 0.734. The Morgan fingerprint density at radius 1 is 1.38 bits per heavy atom. The zero-order chi connectivity index (χ0) is 11.4. The molecule has 0 bridgehead atoms. The summed E-state index contributed by atoms with van der Waals surface area (Å²) >= 11 is 3.23. The third kappa shape index (κ3) is 3.29. The molecule has 1 aliphatic rings. The number of rotatable bonds is 5. The number of hydrogen-bond donors (Lipinski definition) is 0. The lowest BCUT2D eigenvalue weighted by Gasteiger charge is -2.24. The smallest absolute Gasteiger partial charge is 0.129 e. The first-order valence-electron chi connectivity index (χ1n) is 5.77. The first-order chi connectivity index (χ1) is 7.75. The molecule has 0 heterocycles. The summed E-state index contributed by atoms with van der Waals surface area (Å²) in [7, 11) is 0. The van der Waals surface area contributed by atoms with Crippen molar-refractivity contribution in [3.63, 3.8) is 0 Å². The fourth-order valence-corrected chi connectivity index (χ4v) is 2.19. The largest absolute Gasteiger partial charge is 0.377 e. The average molecular weight is 287 g/mol. The van der Waals surface area contributed by atoms with Crippen LogP contribution in [0.15, 0.2) is 22.7 Å². The number of halogens is 2. The van der Waals surface area contributed by atoms with Crippen LogP contribution in [0.1, 0.15) is 31.2 Å². The van der Waals surface area contributed by atoms with Gasteiger partial charge in [-0.3, -0.25) is 0 Å². The van der Waals surface area contributed by atoms with Crippen LogP contribution in [-0.4, -0.2) is 6.61 Å². The van der Waals surface area contributed by atoms with Gasteiger partial charge in [-0.2, -0.15) is 0 Å². The van der Waals surface area contributed by atoms with Crippen molar-refractivity contribution in [2.24, 2.45) is 5.92 Å². The Balaban J connectivity index is 1.71. The lowest BCUT2D eigenvalue weighted by Crippen LogP contribution is -2.13. The van der Waals surface area contributed by atoms with Gasteiger partial charge >= 0.3 is 0 Å². The molecule has 0 radical (unpaired) electrons. The maximum Gasteiger partial charge on any atom is 0.129 e. The van der Waals surface area contributed by atoms with Crippen molar-refractivity contribution in [1.29, 1.82) is 0 Å². The van der Waals surface area contributed by atoms with Crippen molar-refractivity contribution < 1.29 is 9.13 Å². The number of benzene rings is 1. The maximum atomic E-state index is 13.4. The van der Waals surface area contributed by atoms with E-state index in [0.717, 1.165) is 23.4 Å². The van der Waals surface area contributed by atoms with E-state index in [-0.39, 0.29) is 5.82 Å². The molecular formula is C13H16BrFO. The second kappa shape index (κ2) is 5.78. The monoisotopic (exact) mass is 286 g/mol. The van der Waals surface area contributed by atoms with E-state index in [9.17, 15) is 4.39 Å². The topological polar surface area (TPSA) is 9.23 Å². The summed E-state index contributed by atoms with van der Waals surface area (Å²) in [6.07, 6.45) is 5.18. The molecule has 0 aliphatic heterocycles. The van der Waals surface area contributed by atoms with Crippen molar-refractivity contribution in [2.75, 3.05) is 6.61 Å². The van der Waals surface area contributed by atoms with Gasteiger partial charge in [-0.25, -0.2) is 4.39 Å². The molecule has 2 rings (SSSR count). The van der Waals surface area contributed by atoms with E-state index in [1.165, 1.54) is 25.3 Å². The van der Waals surface area contributed by atoms with Crippen molar-refractivity contribution in [2.45, 2.75) is 32.3 Å². The fraction of sp³-hybridized carbons (Fsp3) is 0.538. The van der Waals surface area contributed by atoms with Gasteiger partial charge < -0.3 is 4.74 Å². The van der Waals surface area contributed by atoms with Crippen molar-refractivity contribution >= 4 is 15.9 Å². The number of hydrogen-bond acceptors (Lipinski definition) is 1. The highest BCUT2D eigenvalue weighted by Crippen LogP contribution is 2.29. The molecule has 1 fully saturated rings. The Bertz CT molecular complexity index is 350. The fourth-order valence-electron chi connectivity index (χ4n) is 1.85. The summed E-state index contributed by atoms with van der Waals surface area (Å²) in [5, 5.41) is 0. The highest BCUT2D eigenvalue weighted by molar-refractivity contribution is 9.10. The molecular weight excluding hydrogens is 271 g/mol. The SMILES string of the molecule is Fc1cc(Br)ccc1COCCC1CCC1. The average Bonchev–Trinajstić information content (AvgIpc) is 2.18. The van der Waals surface area contributed by atoms with E-state index < -0.39 is 0 Å². The van der Waals surface area contributed by atoms with E-state index in [0.29, 0.717) is 12.2 Å². The van der Waals surface area contributed by atoms with Crippen LogP contribution in [0.2, 0.25) is 0 Å². The van der Waals surface area contributed by atoms with Crippen LogP contribution in [0.4, 0.5) is 4.39 Å². The van der Waals surface area contributed by atoms with Crippen LogP contribution < -0.4 is 0 Å². The highest BCUT2D eigenvalue weighted by Gasteiger charge is 2.16. The summed E-state index contributed by atoms with van der Waals surface area (Å²) in [5.41, 5.74) is 0.636. The molecule has 1 aromatic carbocycles. The van der Waals surface area contributed by atoms with E-state index in [1.54, 1.807) is 6.07 Å². The molecule has 3 heteroatoms. The van der Waals surface area contributed by atoms with Gasteiger partial charge in [0.15, 0.2) is 0 Å². The van der Waals surface area contributed by atoms with E-state index in [4.69, 9.17) is 4.74 Å². The highest BCUT2D eigenvalue weighted by atomic mass is 79.9. The molecule has 0 atom stereocenters. The van der Waals surface area contributed by atoms with Gasteiger partial charge in [-0.15, -0.1) is 0 Å². The molecule has 0 amide bonds. The third-order valence-corrected chi connectivity index (χ3v) is 3.66. The second-order valence-corrected chi connectivity index (χ2v) is 5.29. The van der Waals surface area contributed by atoms with Gasteiger partial charge in [0, 0.05) is 16.6 Å². The second-order valence-electron chi connectivity index (χ2n) is 4.37. The zero-order valence-corrected chi connectivity index (χ0v) is 10.8. The zero-order valence-electron chi connectivity index (χ0n) is 9.22. The van der Waals surface area contributed by atoms with Crippen LogP contribution >= 0.6 is 15.9 Å². The molecule has 0 unspecified atom stereocenters. The first-order valence-corrected chi connectivity index (χ1v) is 6.56. The van der Waals surface area contributed by atoms with Gasteiger partial charge in [0.2, 0.25) is 0 Å². The molecule has 1 nitrogen and oxygen atoms in total. The molecule has 0 N–H and O–H groups in total. The molecule has 1 aliphatic carbocycles. The lowest BCUT2D eigenvalue weighted by atomic mass is 9.83. The van der Waals surface area contributed by atoms with Gasteiger partial charge in [-0.1, -0.05) is 41.3 Å². The molecule has 0 spiro atoms. The first kappa shape index (κ1) is 12.1. The molecule has 1 aromatic rings. The van der Waals surface area contributed by atoms with Gasteiger partial charge in [0.05, 0.1) is 6.61 Å². The Labute approximate surface area is 104 Å². The van der Waals surface area contributed by atoms with E-state index in [2.05, 4.69) is 15.9 Å². The van der Waals surface area contributed by atoms with Crippen LogP contribution in [0.25, 0.3) is 0 Å². The standard InChI is InChI=1S/C13H16BrFO/c14-12-5-4-11(13(15)8-12)9-16-7-6-10-2-1-3-10/h4-5,8,10H,1-3,6-7,9H2. The van der Waals surface area contributed by atoms with E-state index >= 15 is 0 Å². The molecule has 16 heavy (non-hydrogen) atoms. The van der Waals surface area contributed by atoms with Crippen molar-refractivity contribution in [3.8, 4) is 0 Å². The summed E-state index contributed by atoms with van der Waals surface area (Å²) in [6, 6.07) is 5.08. The van der Waals surface area contributed by atoms with Crippen LogP contribution in [-0.2, 0) is 11.3 Å². The number of ether oxygens (including phenoxy) is 1. The molecule has 0 saturated heterocycles. The van der Waals surface area contributed by atoms with Crippen LogP contribution in [0.3, 0.4) is 0 Å². The molecule has 0 aromatic heterocycles. The van der Waals surface area contributed by atoms with Crippen LogP contribution in [0.5, 0.6) is 0 Å². The third-order valence-electron chi connectivity index (χ3n) is 3.17. The Morgan fingerprint density at radius 2 is 2.19 bits per heavy atom. The van der Waals surface area contributed by atoms with Gasteiger partial charge in [0.1, 0.15) is 5.82 Å². The molecule has 88 valence electrons. The van der Waals surface area contributed by atoms with Crippen LogP contribution in [0, 0.1) is 11.7 Å². The lowest BCUT2D eigenvalue weighted by molar-refractivity contribution is 0.0931. The van der Waals surface area contributed by atoms with Gasteiger partial charge in [0.25, 0.3) is 0 Å². The van der Waals surface area contributed by atoms with Crippen molar-refractivity contribution in [1.82, 2.24) is 0 Å². The predicted octanol–water partition coefficient (Wildman–Crippen LogP) is 4.30. The summed E-state index contributed by atoms with van der Waals surface area (Å²) in [6.45, 7) is 1.13. The maximum absolute atomic E-state index is 13.4. The minimum Gasteiger partial charge on any atom is -0.377 e. The minimum atomic E-state index is -0.196. The Kier molecular flexibility index (Phi) is 4.36. The predicted molar refractivity (Wildman–Crippen MR) is 65.7 cm³/mol. The summed E-state index contributed by atoms with van der Waals surface area (Å²) in [4.78, 5) is 0. The Hall–Kier alpha value is -0.410. The normalized spacial score (nSPS) is 16.1. The Morgan fingerprint density at radius 3 is 2.81 bits per heavy atom. The summed E-state index contributed by atoms with van der Waals surface area (Å²) in [5.74, 6) is 0.660. The van der Waals surface area contributed by atoms with Crippen molar-refractivity contribution in [3.05, 3.63) is 34.1 Å². The van der Waals surface area contributed by atoms with E-state index in [1.807, 2.05) is 6.07 Å². The minimum absolute atomic E-state index is 0.196. The summed E-state index contributed by atoms with van der Waals surface area (Å²) < 4.78 is 19.7. The molecule has 1 saturated carbocycles. The van der Waals surface area contributed by atoms with Gasteiger partial charge in [-0.05, 0) is 24.5 Å².